The Morgan fingerprint density at radius 2 is 0.935 bits per heavy atom. The van der Waals surface area contributed by atoms with Gasteiger partial charge in [0.15, 0.2) is 0 Å². The summed E-state index contributed by atoms with van der Waals surface area (Å²) in [7, 11) is -2.48. The summed E-state index contributed by atoms with van der Waals surface area (Å²) in [4.78, 5) is 0. The second-order valence-electron chi connectivity index (χ2n) is 8.61. The minimum atomic E-state index is -6.81. The topological polar surface area (TPSA) is 0 Å². The fraction of sp³-hybridized carbons (Fsp3) is 1.00. The first-order valence-electron chi connectivity index (χ1n) is 9.93. The molecule has 0 aromatic carbocycles. The van der Waals surface area contributed by atoms with Crippen LogP contribution in [0.4, 0.5) is 39.5 Å². The predicted octanol–water partition coefficient (Wildman–Crippen LogP) is 9.94. The molecule has 0 saturated heterocycles. The van der Waals surface area contributed by atoms with E-state index >= 15 is 0 Å². The van der Waals surface area contributed by atoms with Crippen molar-refractivity contribution in [3.05, 3.63) is 0 Å². The highest BCUT2D eigenvalue weighted by Gasteiger charge is 2.81. The molecule has 0 amide bonds. The van der Waals surface area contributed by atoms with E-state index in [1.54, 1.807) is 13.1 Å². The predicted molar refractivity (Wildman–Crippen MR) is 113 cm³/mol. The summed E-state index contributed by atoms with van der Waals surface area (Å²) in [6.07, 6.45) is -2.53. The summed E-state index contributed by atoms with van der Waals surface area (Å²) in [5, 5.41) is 0. The van der Waals surface area contributed by atoms with Gasteiger partial charge in [0.25, 0.3) is 0 Å². The molecule has 0 aliphatic rings. The molecule has 31 heavy (non-hydrogen) atoms. The molecule has 0 N–H and O–H groups in total. The van der Waals surface area contributed by atoms with E-state index in [1.807, 2.05) is 0 Å². The van der Waals surface area contributed by atoms with Crippen molar-refractivity contribution >= 4 is 47.3 Å². The normalized spacial score (nSPS) is 14.9. The van der Waals surface area contributed by atoms with Crippen LogP contribution in [0.5, 0.6) is 0 Å². The van der Waals surface area contributed by atoms with Gasteiger partial charge in [-0.3, -0.25) is 0 Å². The highest BCUT2D eigenvalue weighted by atomic mass is 35.8. The smallest absolute Gasteiger partial charge is 0.200 e. The minimum absolute atomic E-state index is 0.482. The second kappa shape index (κ2) is 11.9. The number of alkyl halides is 9. The maximum atomic E-state index is 13.7. The molecule has 0 spiro atoms. The van der Waals surface area contributed by atoms with Gasteiger partial charge in [-0.15, -0.1) is 33.2 Å². The average Bonchev–Trinajstić information content (AvgIpc) is 2.56. The quantitative estimate of drug-likeness (QED) is 0.0802. The molecule has 14 heteroatoms. The van der Waals surface area contributed by atoms with Gasteiger partial charge in [0.2, 0.25) is 0 Å². The Morgan fingerprint density at radius 3 is 1.32 bits per heavy atom. The number of halogens is 12. The molecule has 0 fully saturated rings. The molecule has 0 rings (SSSR count). The third kappa shape index (κ3) is 10.6. The van der Waals surface area contributed by atoms with Crippen LogP contribution < -0.4 is 0 Å². The minimum Gasteiger partial charge on any atom is -0.200 e. The van der Waals surface area contributed by atoms with Crippen molar-refractivity contribution in [1.82, 2.24) is 0 Å². The van der Waals surface area contributed by atoms with Gasteiger partial charge in [-0.2, -0.15) is 39.5 Å². The maximum Gasteiger partial charge on any atom is 0.460 e. The van der Waals surface area contributed by atoms with Crippen LogP contribution >= 0.6 is 33.2 Å². The molecule has 188 valence electrons. The molecule has 0 aliphatic heterocycles. The van der Waals surface area contributed by atoms with E-state index < -0.39 is 50.5 Å². The van der Waals surface area contributed by atoms with Gasteiger partial charge in [-0.1, -0.05) is 70.1 Å². The zero-order valence-corrected chi connectivity index (χ0v) is 21.6. The summed E-state index contributed by atoms with van der Waals surface area (Å²) in [5.41, 5.74) is 0. The standard InChI is InChI=1S/C17H28Cl3F9Si2/c1-30(2,11-8-6-4-3-5-7-9-12-31(18,19)20)13-10-14(21,22)15(23,24)16(25,26)17(27,28)29/h3-13H2,1-2H3. The maximum absolute atomic E-state index is 13.7. The molecule has 0 aromatic rings. The van der Waals surface area contributed by atoms with Gasteiger partial charge in [-0.05, 0) is 6.04 Å². The Balaban J connectivity index is 4.38. The van der Waals surface area contributed by atoms with Crippen molar-refractivity contribution < 1.29 is 39.5 Å². The summed E-state index contributed by atoms with van der Waals surface area (Å²) in [6, 6.07) is -1.99. The van der Waals surface area contributed by atoms with E-state index in [2.05, 4.69) is 0 Å². The van der Waals surface area contributed by atoms with E-state index in [4.69, 9.17) is 33.2 Å². The Bertz CT molecular complexity index is 536. The van der Waals surface area contributed by atoms with Gasteiger partial charge in [0.05, 0.1) is 0 Å². The van der Waals surface area contributed by atoms with Crippen LogP contribution in [0.15, 0.2) is 0 Å². The lowest BCUT2D eigenvalue weighted by atomic mass is 10.0. The van der Waals surface area contributed by atoms with Gasteiger partial charge in [0, 0.05) is 14.5 Å². The fourth-order valence-corrected chi connectivity index (χ4v) is 7.30. The van der Waals surface area contributed by atoms with Crippen molar-refractivity contribution in [3.63, 3.8) is 0 Å². The lowest BCUT2D eigenvalue weighted by Gasteiger charge is -2.35. The van der Waals surface area contributed by atoms with Crippen molar-refractivity contribution in [2.24, 2.45) is 0 Å². The van der Waals surface area contributed by atoms with E-state index in [0.29, 0.717) is 18.5 Å². The van der Waals surface area contributed by atoms with Crippen LogP contribution in [-0.4, -0.2) is 38.0 Å². The van der Waals surface area contributed by atoms with Crippen molar-refractivity contribution in [2.75, 3.05) is 0 Å². The Hall–Kier alpha value is 0.674. The van der Waals surface area contributed by atoms with Crippen LogP contribution in [0.2, 0.25) is 31.2 Å². The number of unbranched alkanes of at least 4 members (excludes halogenated alkanes) is 6. The van der Waals surface area contributed by atoms with E-state index in [0.717, 1.165) is 38.5 Å². The van der Waals surface area contributed by atoms with Crippen molar-refractivity contribution in [3.8, 4) is 0 Å². The lowest BCUT2D eigenvalue weighted by molar-refractivity contribution is -0.396. The third-order valence-electron chi connectivity index (χ3n) is 5.14. The summed E-state index contributed by atoms with van der Waals surface area (Å²) in [5.74, 6) is -18.8. The molecule has 0 heterocycles. The van der Waals surface area contributed by atoms with E-state index in [9.17, 15) is 39.5 Å². The molecule has 0 unspecified atom stereocenters. The highest BCUT2D eigenvalue weighted by Crippen LogP contribution is 2.54. The number of rotatable bonds is 15. The van der Waals surface area contributed by atoms with Crippen LogP contribution in [-0.2, 0) is 0 Å². The Morgan fingerprint density at radius 1 is 0.548 bits per heavy atom. The average molecular weight is 566 g/mol. The van der Waals surface area contributed by atoms with Crippen LogP contribution in [0.25, 0.3) is 0 Å². The van der Waals surface area contributed by atoms with Crippen molar-refractivity contribution in [2.45, 2.75) is 107 Å². The molecule has 0 atom stereocenters. The van der Waals surface area contributed by atoms with Gasteiger partial charge in [0.1, 0.15) is 0 Å². The Kier molecular flexibility index (Phi) is 12.1. The van der Waals surface area contributed by atoms with Gasteiger partial charge in [-0.25, -0.2) is 0 Å². The second-order valence-corrected chi connectivity index (χ2v) is 23.2. The molecule has 0 bridgehead atoms. The van der Waals surface area contributed by atoms with Crippen LogP contribution in [0.1, 0.15) is 51.4 Å². The monoisotopic (exact) mass is 564 g/mol. The summed E-state index contributed by atoms with van der Waals surface area (Å²) >= 11 is 17.3. The van der Waals surface area contributed by atoms with Crippen LogP contribution in [0.3, 0.4) is 0 Å². The first kappa shape index (κ1) is 31.7. The van der Waals surface area contributed by atoms with E-state index in [1.165, 1.54) is 0 Å². The SMILES string of the molecule is C[Si](C)(CCCCCCCCC[Si](Cl)(Cl)Cl)CCC(F)(F)C(F)(F)C(F)(F)C(F)(F)F. The Labute approximate surface area is 193 Å². The molecule has 0 aliphatic carbocycles. The lowest BCUT2D eigenvalue weighted by Crippen LogP contribution is -2.61. The molecule has 0 radical (unpaired) electrons. The van der Waals surface area contributed by atoms with Gasteiger partial charge < -0.3 is 0 Å². The highest BCUT2D eigenvalue weighted by molar-refractivity contribution is 7.64. The zero-order valence-electron chi connectivity index (χ0n) is 17.3. The summed E-state index contributed by atoms with van der Waals surface area (Å²) in [6.45, 7) is 3.26. The third-order valence-corrected chi connectivity index (χ3v) is 11.1. The zero-order chi connectivity index (χ0) is 24.8. The first-order chi connectivity index (χ1) is 13.7. The molecule has 0 aromatic heterocycles. The van der Waals surface area contributed by atoms with E-state index in [-0.39, 0.29) is 0 Å². The number of hydrogen-bond acceptors (Lipinski definition) is 0. The largest absolute Gasteiger partial charge is 0.460 e. The van der Waals surface area contributed by atoms with Crippen LogP contribution in [0, 0.1) is 0 Å². The molecule has 0 saturated carbocycles. The molecular weight excluding hydrogens is 538 g/mol. The molecule has 0 nitrogen and oxygen atoms in total. The fourth-order valence-electron chi connectivity index (χ4n) is 3.00. The number of hydrogen-bond donors (Lipinski definition) is 0. The van der Waals surface area contributed by atoms with Crippen molar-refractivity contribution in [1.29, 1.82) is 0 Å². The molecular formula is C17H28Cl3F9Si2. The van der Waals surface area contributed by atoms with Gasteiger partial charge >= 0.3 is 29.9 Å². The first-order valence-corrected chi connectivity index (χ1v) is 18.6. The summed E-state index contributed by atoms with van der Waals surface area (Å²) < 4.78 is 116.